The minimum absolute atomic E-state index is 0.151. The van der Waals surface area contributed by atoms with Crippen molar-refractivity contribution in [1.82, 2.24) is 0 Å². The monoisotopic (exact) mass is 184 g/mol. The molecule has 0 spiro atoms. The van der Waals surface area contributed by atoms with Crippen LogP contribution in [0.1, 0.15) is 13.3 Å². The van der Waals surface area contributed by atoms with E-state index in [-0.39, 0.29) is 18.0 Å². The zero-order valence-electron chi connectivity index (χ0n) is 5.77. The van der Waals surface area contributed by atoms with Gasteiger partial charge in [-0.15, -0.1) is 23.2 Å². The van der Waals surface area contributed by atoms with Crippen LogP contribution in [0.15, 0.2) is 0 Å². The number of esters is 1. The van der Waals surface area contributed by atoms with Gasteiger partial charge >= 0.3 is 5.97 Å². The van der Waals surface area contributed by atoms with Crippen molar-refractivity contribution in [3.05, 3.63) is 0 Å². The van der Waals surface area contributed by atoms with Crippen molar-refractivity contribution in [1.29, 1.82) is 0 Å². The van der Waals surface area contributed by atoms with Crippen LogP contribution in [-0.2, 0) is 9.53 Å². The number of alkyl halides is 2. The van der Waals surface area contributed by atoms with Crippen LogP contribution < -0.4 is 0 Å². The second-order valence-corrected chi connectivity index (χ2v) is 2.87. The van der Waals surface area contributed by atoms with Gasteiger partial charge in [-0.1, -0.05) is 0 Å². The predicted octanol–water partition coefficient (Wildman–Crippen LogP) is 1.79. The lowest BCUT2D eigenvalue weighted by Gasteiger charge is -2.05. The van der Waals surface area contributed by atoms with E-state index in [4.69, 9.17) is 23.2 Å². The van der Waals surface area contributed by atoms with E-state index >= 15 is 0 Å². The summed E-state index contributed by atoms with van der Waals surface area (Å²) >= 11 is 11.1. The van der Waals surface area contributed by atoms with Crippen LogP contribution in [0.2, 0.25) is 0 Å². The third kappa shape index (κ3) is 6.17. The van der Waals surface area contributed by atoms with Gasteiger partial charge in [-0.25, -0.2) is 0 Å². The van der Waals surface area contributed by atoms with Crippen LogP contribution in [0.3, 0.4) is 0 Å². The van der Waals surface area contributed by atoms with Gasteiger partial charge in [-0.05, 0) is 6.42 Å². The van der Waals surface area contributed by atoms with E-state index in [0.29, 0.717) is 12.3 Å². The fourth-order valence-electron chi connectivity index (χ4n) is 0.410. The molecule has 0 aliphatic carbocycles. The maximum absolute atomic E-state index is 10.2. The fourth-order valence-corrected chi connectivity index (χ4v) is 0.957. The molecule has 0 aliphatic heterocycles. The topological polar surface area (TPSA) is 26.3 Å². The Balaban J connectivity index is 3.21. The quantitative estimate of drug-likeness (QED) is 0.493. The molecule has 0 aromatic carbocycles. The Kier molecular flexibility index (Phi) is 5.84. The van der Waals surface area contributed by atoms with Gasteiger partial charge < -0.3 is 4.74 Å². The first-order valence-corrected chi connectivity index (χ1v) is 3.97. The van der Waals surface area contributed by atoms with Gasteiger partial charge in [-0.3, -0.25) is 4.79 Å². The Labute approximate surface area is 70.4 Å². The zero-order chi connectivity index (χ0) is 7.98. The van der Waals surface area contributed by atoms with E-state index in [0.717, 1.165) is 0 Å². The van der Waals surface area contributed by atoms with Crippen LogP contribution in [0.25, 0.3) is 0 Å². The summed E-state index contributed by atoms with van der Waals surface area (Å²) in [6.07, 6.45) is 0.663. The van der Waals surface area contributed by atoms with E-state index in [2.05, 4.69) is 4.74 Å². The zero-order valence-corrected chi connectivity index (χ0v) is 7.28. The highest BCUT2D eigenvalue weighted by Crippen LogP contribution is 2.03. The number of halogens is 2. The lowest BCUT2D eigenvalue weighted by Crippen LogP contribution is -2.12. The van der Waals surface area contributed by atoms with Crippen LogP contribution in [0, 0.1) is 0 Å². The van der Waals surface area contributed by atoms with E-state index in [1.165, 1.54) is 6.92 Å². The molecule has 0 amide bonds. The lowest BCUT2D eigenvalue weighted by molar-refractivity contribution is -0.140. The molecule has 0 aromatic rings. The summed E-state index contributed by atoms with van der Waals surface area (Å²) in [6, 6.07) is 0. The smallest absolute Gasteiger partial charge is 0.302 e. The van der Waals surface area contributed by atoms with E-state index in [9.17, 15) is 4.79 Å². The molecule has 0 heterocycles. The molecule has 0 bridgehead atoms. The third-order valence-electron chi connectivity index (χ3n) is 0.890. The Morgan fingerprint density at radius 3 is 2.70 bits per heavy atom. The summed E-state index contributed by atoms with van der Waals surface area (Å²) in [5, 5.41) is -0.151. The first kappa shape index (κ1) is 10.0. The fraction of sp³-hybridized carbons (Fsp3) is 0.833. The maximum atomic E-state index is 10.2. The van der Waals surface area contributed by atoms with E-state index in [1.54, 1.807) is 0 Å². The highest BCUT2D eigenvalue weighted by molar-refractivity contribution is 6.22. The Hall–Kier alpha value is 0.0500. The molecule has 10 heavy (non-hydrogen) atoms. The molecule has 0 saturated heterocycles. The van der Waals surface area contributed by atoms with Gasteiger partial charge in [0.15, 0.2) is 0 Å². The van der Waals surface area contributed by atoms with Gasteiger partial charge in [0.2, 0.25) is 0 Å². The summed E-state index contributed by atoms with van der Waals surface area (Å²) in [4.78, 5) is 10.2. The van der Waals surface area contributed by atoms with Crippen molar-refractivity contribution < 1.29 is 9.53 Å². The highest BCUT2D eigenvalue weighted by atomic mass is 35.5. The first-order valence-electron chi connectivity index (χ1n) is 3.00. The molecule has 1 unspecified atom stereocenters. The average Bonchev–Trinajstić information content (AvgIpc) is 1.85. The van der Waals surface area contributed by atoms with Gasteiger partial charge in [0.05, 0.1) is 5.38 Å². The van der Waals surface area contributed by atoms with Crippen LogP contribution in [-0.4, -0.2) is 23.8 Å². The molecule has 0 N–H and O–H groups in total. The Morgan fingerprint density at radius 2 is 2.30 bits per heavy atom. The summed E-state index contributed by atoms with van der Waals surface area (Å²) in [6.45, 7) is 1.61. The van der Waals surface area contributed by atoms with Gasteiger partial charge in [0, 0.05) is 12.8 Å². The maximum Gasteiger partial charge on any atom is 0.302 e. The molecule has 0 saturated carbocycles. The molecule has 0 radical (unpaired) electrons. The van der Waals surface area contributed by atoms with Gasteiger partial charge in [0.1, 0.15) is 6.61 Å². The second-order valence-electron chi connectivity index (χ2n) is 1.88. The largest absolute Gasteiger partial charge is 0.464 e. The summed E-state index contributed by atoms with van der Waals surface area (Å²) in [7, 11) is 0. The normalized spacial score (nSPS) is 12.7. The van der Waals surface area contributed by atoms with Crippen LogP contribution >= 0.6 is 23.2 Å². The summed E-state index contributed by atoms with van der Waals surface area (Å²) in [5.74, 6) is 0.190. The molecule has 0 fully saturated rings. The predicted molar refractivity (Wildman–Crippen MR) is 41.6 cm³/mol. The molecule has 0 aromatic heterocycles. The minimum Gasteiger partial charge on any atom is -0.464 e. The van der Waals surface area contributed by atoms with Crippen LogP contribution in [0.4, 0.5) is 0 Å². The summed E-state index contributed by atoms with van der Waals surface area (Å²) in [5.41, 5.74) is 0. The second kappa shape index (κ2) is 5.81. The third-order valence-corrected chi connectivity index (χ3v) is 1.45. The lowest BCUT2D eigenvalue weighted by atomic mass is 10.3. The van der Waals surface area contributed by atoms with Crippen molar-refractivity contribution >= 4 is 29.2 Å². The molecular weight excluding hydrogens is 175 g/mol. The number of carbonyl (C=O) groups is 1. The van der Waals surface area contributed by atoms with E-state index < -0.39 is 0 Å². The van der Waals surface area contributed by atoms with Crippen LogP contribution in [0.5, 0.6) is 0 Å². The Bertz CT molecular complexity index is 106. The molecule has 0 rings (SSSR count). The molecule has 2 nitrogen and oxygen atoms in total. The molecular formula is C6H10Cl2O2. The Morgan fingerprint density at radius 1 is 1.70 bits per heavy atom. The van der Waals surface area contributed by atoms with Crippen molar-refractivity contribution in [2.75, 3.05) is 12.5 Å². The summed E-state index contributed by atoms with van der Waals surface area (Å²) < 4.78 is 4.63. The van der Waals surface area contributed by atoms with Crippen molar-refractivity contribution in [2.24, 2.45) is 0 Å². The van der Waals surface area contributed by atoms with Gasteiger partial charge in [-0.2, -0.15) is 0 Å². The molecule has 4 heteroatoms. The number of hydrogen-bond acceptors (Lipinski definition) is 2. The number of hydrogen-bond donors (Lipinski definition) is 0. The average molecular weight is 185 g/mol. The first-order chi connectivity index (χ1) is 4.66. The molecule has 1 atom stereocenters. The SMILES string of the molecule is CC(=O)OCC(Cl)CCCl. The number of rotatable bonds is 4. The number of ether oxygens (including phenoxy) is 1. The molecule has 60 valence electrons. The highest BCUT2D eigenvalue weighted by Gasteiger charge is 2.04. The van der Waals surface area contributed by atoms with Crippen molar-refractivity contribution in [2.45, 2.75) is 18.7 Å². The van der Waals surface area contributed by atoms with Crippen molar-refractivity contribution in [3.8, 4) is 0 Å². The van der Waals surface area contributed by atoms with Crippen molar-refractivity contribution in [3.63, 3.8) is 0 Å². The minimum atomic E-state index is -0.305. The molecule has 0 aliphatic rings. The van der Waals surface area contributed by atoms with Gasteiger partial charge in [0.25, 0.3) is 0 Å². The van der Waals surface area contributed by atoms with E-state index in [1.807, 2.05) is 0 Å². The standard InChI is InChI=1S/C6H10Cl2O2/c1-5(9)10-4-6(8)2-3-7/h6H,2-4H2,1H3. The number of carbonyl (C=O) groups excluding carboxylic acids is 1.